The molecule has 1 amide bonds. The van der Waals surface area contributed by atoms with Gasteiger partial charge in [0.15, 0.2) is 0 Å². The number of amides is 1. The number of nitrogens with one attached hydrogen (secondary N) is 2. The molecule has 0 aliphatic rings. The number of hydrogen-bond donors (Lipinski definition) is 3. The maximum atomic E-state index is 11.7. The van der Waals surface area contributed by atoms with Crippen molar-refractivity contribution in [3.63, 3.8) is 0 Å². The molecule has 0 fully saturated rings. The number of aromatic carboxylic acids is 1. The van der Waals surface area contributed by atoms with Crippen LogP contribution in [0.1, 0.15) is 25.6 Å². The molecule has 0 aliphatic heterocycles. The van der Waals surface area contributed by atoms with Crippen molar-refractivity contribution in [2.75, 3.05) is 5.32 Å². The molecule has 0 radical (unpaired) electrons. The lowest BCUT2D eigenvalue weighted by atomic mass is 10.3. The zero-order valence-electron chi connectivity index (χ0n) is 8.85. The number of aryl methyl sites for hydroxylation is 1. The van der Waals surface area contributed by atoms with Crippen LogP contribution in [0.3, 0.4) is 0 Å². The Hall–Kier alpha value is -2.15. The Bertz CT molecular complexity index is 559. The van der Waals surface area contributed by atoms with Crippen molar-refractivity contribution >= 4 is 28.2 Å². The van der Waals surface area contributed by atoms with E-state index in [0.717, 1.165) is 11.3 Å². The first kappa shape index (κ1) is 11.3. The second-order valence-corrected chi connectivity index (χ2v) is 4.42. The van der Waals surface area contributed by atoms with Gasteiger partial charge >= 0.3 is 5.97 Å². The fourth-order valence-electron chi connectivity index (χ4n) is 1.32. The summed E-state index contributed by atoms with van der Waals surface area (Å²) in [7, 11) is 0. The van der Waals surface area contributed by atoms with Crippen LogP contribution in [-0.4, -0.2) is 27.2 Å². The van der Waals surface area contributed by atoms with E-state index in [1.807, 2.05) is 0 Å². The second-order valence-electron chi connectivity index (χ2n) is 3.37. The fourth-order valence-corrected chi connectivity index (χ4v) is 2.22. The fraction of sp³-hybridized carbons (Fsp3) is 0.100. The Kier molecular flexibility index (Phi) is 2.92. The molecule has 0 aromatic carbocycles. The summed E-state index contributed by atoms with van der Waals surface area (Å²) in [4.78, 5) is 22.7. The molecule has 88 valence electrons. The molecule has 0 saturated carbocycles. The summed E-state index contributed by atoms with van der Waals surface area (Å²) in [5.74, 6) is -1.31. The largest absolute Gasteiger partial charge is 0.477 e. The smallest absolute Gasteiger partial charge is 0.346 e. The summed E-state index contributed by atoms with van der Waals surface area (Å²) in [5.41, 5.74) is 1.03. The minimum Gasteiger partial charge on any atom is -0.477 e. The SMILES string of the molecule is Cc1cc(NC(=O)c2cn[nH]c2)sc1C(=O)O. The highest BCUT2D eigenvalue weighted by atomic mass is 32.1. The molecule has 0 saturated heterocycles. The van der Waals surface area contributed by atoms with Crippen LogP contribution in [0.5, 0.6) is 0 Å². The van der Waals surface area contributed by atoms with E-state index in [4.69, 9.17) is 5.11 Å². The number of H-pyrrole nitrogens is 1. The predicted molar refractivity (Wildman–Crippen MR) is 62.6 cm³/mol. The number of hydrogen-bond acceptors (Lipinski definition) is 4. The third-order valence-electron chi connectivity index (χ3n) is 2.11. The van der Waals surface area contributed by atoms with Crippen molar-refractivity contribution in [1.82, 2.24) is 10.2 Å². The van der Waals surface area contributed by atoms with Crippen molar-refractivity contribution in [3.05, 3.63) is 34.5 Å². The summed E-state index contributed by atoms with van der Waals surface area (Å²) >= 11 is 1.03. The van der Waals surface area contributed by atoms with Gasteiger partial charge in [0.05, 0.1) is 16.8 Å². The highest BCUT2D eigenvalue weighted by Crippen LogP contribution is 2.26. The number of rotatable bonds is 3. The van der Waals surface area contributed by atoms with Crippen LogP contribution < -0.4 is 5.32 Å². The summed E-state index contributed by atoms with van der Waals surface area (Å²) in [6.45, 7) is 1.69. The quantitative estimate of drug-likeness (QED) is 0.774. The van der Waals surface area contributed by atoms with Crippen LogP contribution in [0.2, 0.25) is 0 Å². The van der Waals surface area contributed by atoms with Crippen molar-refractivity contribution < 1.29 is 14.7 Å². The number of aromatic amines is 1. The third-order valence-corrected chi connectivity index (χ3v) is 3.25. The molecule has 17 heavy (non-hydrogen) atoms. The van der Waals surface area contributed by atoms with Gasteiger partial charge in [-0.05, 0) is 18.6 Å². The first-order chi connectivity index (χ1) is 8.08. The zero-order valence-corrected chi connectivity index (χ0v) is 9.67. The van der Waals surface area contributed by atoms with E-state index in [9.17, 15) is 9.59 Å². The number of nitrogens with zero attached hydrogens (tertiary/aromatic N) is 1. The van der Waals surface area contributed by atoms with E-state index in [1.165, 1.54) is 12.4 Å². The Morgan fingerprint density at radius 3 is 2.82 bits per heavy atom. The summed E-state index contributed by atoms with van der Waals surface area (Å²) in [6, 6.07) is 1.63. The van der Waals surface area contributed by atoms with Crippen molar-refractivity contribution in [3.8, 4) is 0 Å². The van der Waals surface area contributed by atoms with Crippen LogP contribution in [0.25, 0.3) is 0 Å². The minimum absolute atomic E-state index is 0.229. The van der Waals surface area contributed by atoms with Gasteiger partial charge in [-0.25, -0.2) is 4.79 Å². The van der Waals surface area contributed by atoms with Gasteiger partial charge in [0.25, 0.3) is 5.91 Å². The molecule has 6 nitrogen and oxygen atoms in total. The lowest BCUT2D eigenvalue weighted by Crippen LogP contribution is -2.09. The number of carbonyl (C=O) groups excluding carboxylic acids is 1. The monoisotopic (exact) mass is 251 g/mol. The second kappa shape index (κ2) is 4.38. The zero-order chi connectivity index (χ0) is 12.4. The molecule has 0 atom stereocenters. The number of carboxylic acids is 1. The van der Waals surface area contributed by atoms with Crippen LogP contribution in [0.4, 0.5) is 5.00 Å². The first-order valence-corrected chi connectivity index (χ1v) is 5.53. The van der Waals surface area contributed by atoms with E-state index in [1.54, 1.807) is 13.0 Å². The number of carboxylic acid groups (broad SMARTS) is 1. The molecule has 0 bridgehead atoms. The maximum Gasteiger partial charge on any atom is 0.346 e. The van der Waals surface area contributed by atoms with Crippen LogP contribution in [0, 0.1) is 6.92 Å². The molecular weight excluding hydrogens is 242 g/mol. The first-order valence-electron chi connectivity index (χ1n) is 4.72. The molecule has 3 N–H and O–H groups in total. The number of anilines is 1. The Labute approximate surface area is 100 Å². The van der Waals surface area contributed by atoms with Crippen LogP contribution in [0.15, 0.2) is 18.5 Å². The molecular formula is C10H9N3O3S. The minimum atomic E-state index is -0.990. The summed E-state index contributed by atoms with van der Waals surface area (Å²) in [6.07, 6.45) is 2.86. The molecule has 0 spiro atoms. The van der Waals surface area contributed by atoms with Gasteiger partial charge in [0.1, 0.15) is 4.88 Å². The third kappa shape index (κ3) is 2.34. The molecule has 2 rings (SSSR count). The van der Waals surface area contributed by atoms with Crippen molar-refractivity contribution in [2.24, 2.45) is 0 Å². The van der Waals surface area contributed by atoms with Gasteiger partial charge in [0.2, 0.25) is 0 Å². The van der Waals surface area contributed by atoms with Gasteiger partial charge < -0.3 is 10.4 Å². The average molecular weight is 251 g/mol. The molecule has 2 heterocycles. The molecule has 2 aromatic heterocycles. The van der Waals surface area contributed by atoms with E-state index < -0.39 is 5.97 Å². The van der Waals surface area contributed by atoms with E-state index in [2.05, 4.69) is 15.5 Å². The highest BCUT2D eigenvalue weighted by molar-refractivity contribution is 7.18. The Morgan fingerprint density at radius 2 is 2.29 bits per heavy atom. The summed E-state index contributed by atoms with van der Waals surface area (Å²) < 4.78 is 0. The van der Waals surface area contributed by atoms with Gasteiger partial charge in [-0.2, -0.15) is 5.10 Å². The number of thiophene rings is 1. The van der Waals surface area contributed by atoms with Crippen molar-refractivity contribution in [2.45, 2.75) is 6.92 Å². The van der Waals surface area contributed by atoms with E-state index in [-0.39, 0.29) is 10.8 Å². The summed E-state index contributed by atoms with van der Waals surface area (Å²) in [5, 5.41) is 18.2. The maximum absolute atomic E-state index is 11.7. The Morgan fingerprint density at radius 1 is 1.53 bits per heavy atom. The van der Waals surface area contributed by atoms with E-state index in [0.29, 0.717) is 16.1 Å². The molecule has 2 aromatic rings. The van der Waals surface area contributed by atoms with Gasteiger partial charge in [-0.1, -0.05) is 0 Å². The standard InChI is InChI=1S/C10H9N3O3S/c1-5-2-7(17-8(5)10(15)16)13-9(14)6-3-11-12-4-6/h2-4H,1H3,(H,11,12)(H,13,14)(H,15,16). The molecule has 0 aliphatic carbocycles. The van der Waals surface area contributed by atoms with Crippen LogP contribution >= 0.6 is 11.3 Å². The van der Waals surface area contributed by atoms with Crippen molar-refractivity contribution in [1.29, 1.82) is 0 Å². The highest BCUT2D eigenvalue weighted by Gasteiger charge is 2.14. The predicted octanol–water partition coefficient (Wildman–Crippen LogP) is 1.73. The Balaban J connectivity index is 2.17. The normalized spacial score (nSPS) is 10.2. The van der Waals surface area contributed by atoms with Gasteiger partial charge in [-0.15, -0.1) is 11.3 Å². The lowest BCUT2D eigenvalue weighted by Gasteiger charge is -1.97. The lowest BCUT2D eigenvalue weighted by molar-refractivity contribution is 0.0701. The molecule has 7 heteroatoms. The van der Waals surface area contributed by atoms with E-state index >= 15 is 0 Å². The topological polar surface area (TPSA) is 95.1 Å². The van der Waals surface area contributed by atoms with Gasteiger partial charge in [0, 0.05) is 6.20 Å². The van der Waals surface area contributed by atoms with Crippen LogP contribution in [-0.2, 0) is 0 Å². The average Bonchev–Trinajstić information content (AvgIpc) is 2.86. The number of aromatic nitrogens is 2. The van der Waals surface area contributed by atoms with Gasteiger partial charge in [-0.3, -0.25) is 9.89 Å². The number of carbonyl (C=O) groups is 2. The molecule has 0 unspecified atom stereocenters.